The highest BCUT2D eigenvalue weighted by Crippen LogP contribution is 2.41. The van der Waals surface area contributed by atoms with Crippen molar-refractivity contribution >= 4 is 0 Å². The zero-order valence-corrected chi connectivity index (χ0v) is 13.0. The molecule has 1 saturated heterocycles. The van der Waals surface area contributed by atoms with E-state index in [1.807, 2.05) is 0 Å². The van der Waals surface area contributed by atoms with Gasteiger partial charge in [0.15, 0.2) is 0 Å². The van der Waals surface area contributed by atoms with Gasteiger partial charge in [-0.1, -0.05) is 33.1 Å². The molecule has 2 aliphatic rings. The molecule has 0 amide bonds. The molecule has 1 spiro atoms. The van der Waals surface area contributed by atoms with Crippen LogP contribution in [-0.4, -0.2) is 24.8 Å². The van der Waals surface area contributed by atoms with Crippen molar-refractivity contribution in [1.82, 2.24) is 5.32 Å². The summed E-state index contributed by atoms with van der Waals surface area (Å²) in [7, 11) is 0. The third kappa shape index (κ3) is 4.46. The molecule has 1 aliphatic carbocycles. The fourth-order valence-corrected chi connectivity index (χ4v) is 4.10. The van der Waals surface area contributed by atoms with Crippen LogP contribution >= 0.6 is 0 Å². The molecule has 2 rings (SSSR count). The number of nitrogens with one attached hydrogen (secondary N) is 1. The number of hydrogen-bond donors (Lipinski definition) is 1. The van der Waals surface area contributed by atoms with Gasteiger partial charge in [-0.05, 0) is 57.4 Å². The Balaban J connectivity index is 1.77. The molecule has 0 bridgehead atoms. The van der Waals surface area contributed by atoms with Crippen molar-refractivity contribution in [3.8, 4) is 0 Å². The maximum atomic E-state index is 6.20. The Hall–Kier alpha value is -0.0800. The molecule has 1 N–H and O–H groups in total. The molecule has 2 atom stereocenters. The molecule has 0 aromatic carbocycles. The van der Waals surface area contributed by atoms with Gasteiger partial charge in [0.1, 0.15) is 0 Å². The predicted molar refractivity (Wildman–Crippen MR) is 81.5 cm³/mol. The first-order valence-corrected chi connectivity index (χ1v) is 8.65. The topological polar surface area (TPSA) is 21.3 Å². The molecule has 2 heteroatoms. The molecular weight excluding hydrogens is 234 g/mol. The van der Waals surface area contributed by atoms with Gasteiger partial charge in [-0.25, -0.2) is 0 Å². The summed E-state index contributed by atoms with van der Waals surface area (Å²) in [6, 6.07) is 0.732. The molecule has 2 nitrogen and oxygen atoms in total. The lowest BCUT2D eigenvalue weighted by Gasteiger charge is -2.44. The van der Waals surface area contributed by atoms with Crippen LogP contribution in [0.4, 0.5) is 0 Å². The second-order valence-electron chi connectivity index (χ2n) is 6.69. The van der Waals surface area contributed by atoms with Crippen LogP contribution in [0.3, 0.4) is 0 Å². The summed E-state index contributed by atoms with van der Waals surface area (Å²) in [5, 5.41) is 3.61. The average molecular weight is 267 g/mol. The Morgan fingerprint density at radius 2 is 2.00 bits per heavy atom. The van der Waals surface area contributed by atoms with E-state index in [0.717, 1.165) is 25.1 Å². The second kappa shape index (κ2) is 7.64. The number of rotatable bonds is 6. The molecule has 19 heavy (non-hydrogen) atoms. The molecule has 1 heterocycles. The minimum absolute atomic E-state index is 0.293. The lowest BCUT2D eigenvalue weighted by Crippen LogP contribution is -2.41. The van der Waals surface area contributed by atoms with Gasteiger partial charge in [-0.15, -0.1) is 0 Å². The first kappa shape index (κ1) is 15.3. The smallest absolute Gasteiger partial charge is 0.0685 e. The quantitative estimate of drug-likeness (QED) is 0.775. The molecule has 112 valence electrons. The maximum Gasteiger partial charge on any atom is 0.0685 e. The van der Waals surface area contributed by atoms with Gasteiger partial charge in [0.2, 0.25) is 0 Å². The average Bonchev–Trinajstić information content (AvgIpc) is 2.44. The SMILES string of the molecule is CCNC(CC)CCC1CCOC2(CCCCC2)C1. The van der Waals surface area contributed by atoms with Crippen molar-refractivity contribution in [3.63, 3.8) is 0 Å². The van der Waals surface area contributed by atoms with E-state index in [1.54, 1.807) is 0 Å². The maximum absolute atomic E-state index is 6.20. The Bertz CT molecular complexity index is 242. The van der Waals surface area contributed by atoms with E-state index >= 15 is 0 Å². The minimum Gasteiger partial charge on any atom is -0.375 e. The van der Waals surface area contributed by atoms with E-state index in [9.17, 15) is 0 Å². The molecule has 0 aromatic rings. The number of ether oxygens (including phenoxy) is 1. The highest BCUT2D eigenvalue weighted by molar-refractivity contribution is 4.89. The minimum atomic E-state index is 0.293. The van der Waals surface area contributed by atoms with Crippen LogP contribution in [0.1, 0.15) is 78.1 Å². The fourth-order valence-electron chi connectivity index (χ4n) is 4.10. The Kier molecular flexibility index (Phi) is 6.15. The summed E-state index contributed by atoms with van der Waals surface area (Å²) in [6.45, 7) is 6.65. The van der Waals surface area contributed by atoms with Crippen LogP contribution in [0.15, 0.2) is 0 Å². The number of hydrogen-bond acceptors (Lipinski definition) is 2. The van der Waals surface area contributed by atoms with E-state index in [4.69, 9.17) is 4.74 Å². The standard InChI is InChI=1S/C17H33NO/c1-3-16(18-4-2)9-8-15-10-13-19-17(14-15)11-6-5-7-12-17/h15-16,18H,3-14H2,1-2H3. The van der Waals surface area contributed by atoms with Gasteiger partial charge in [0, 0.05) is 12.6 Å². The van der Waals surface area contributed by atoms with Crippen LogP contribution in [0.2, 0.25) is 0 Å². The van der Waals surface area contributed by atoms with Gasteiger partial charge in [-0.3, -0.25) is 0 Å². The summed E-state index contributed by atoms with van der Waals surface area (Å²) in [5.41, 5.74) is 0.293. The third-order valence-corrected chi connectivity index (χ3v) is 5.27. The highest BCUT2D eigenvalue weighted by atomic mass is 16.5. The van der Waals surface area contributed by atoms with E-state index in [2.05, 4.69) is 19.2 Å². The highest BCUT2D eigenvalue weighted by Gasteiger charge is 2.38. The van der Waals surface area contributed by atoms with Crippen LogP contribution in [0.5, 0.6) is 0 Å². The van der Waals surface area contributed by atoms with Crippen LogP contribution in [0.25, 0.3) is 0 Å². The van der Waals surface area contributed by atoms with Gasteiger partial charge in [0.25, 0.3) is 0 Å². The molecule has 1 aliphatic heterocycles. The summed E-state index contributed by atoms with van der Waals surface area (Å²) in [6.07, 6.45) is 13.5. The lowest BCUT2D eigenvalue weighted by molar-refractivity contribution is -0.118. The van der Waals surface area contributed by atoms with E-state index in [1.165, 1.54) is 64.2 Å². The Morgan fingerprint density at radius 3 is 2.68 bits per heavy atom. The van der Waals surface area contributed by atoms with Gasteiger partial charge in [0.05, 0.1) is 5.60 Å². The van der Waals surface area contributed by atoms with Crippen molar-refractivity contribution in [2.24, 2.45) is 5.92 Å². The Morgan fingerprint density at radius 1 is 1.21 bits per heavy atom. The van der Waals surface area contributed by atoms with Crippen LogP contribution < -0.4 is 5.32 Å². The fraction of sp³-hybridized carbons (Fsp3) is 1.00. The normalized spacial score (nSPS) is 28.4. The second-order valence-corrected chi connectivity index (χ2v) is 6.69. The first-order chi connectivity index (χ1) is 9.28. The molecule has 0 aromatic heterocycles. The molecule has 0 radical (unpaired) electrons. The molecule has 2 fully saturated rings. The van der Waals surface area contributed by atoms with Crippen molar-refractivity contribution in [3.05, 3.63) is 0 Å². The lowest BCUT2D eigenvalue weighted by atomic mass is 9.75. The largest absolute Gasteiger partial charge is 0.375 e. The summed E-state index contributed by atoms with van der Waals surface area (Å²) >= 11 is 0. The predicted octanol–water partition coefficient (Wildman–Crippen LogP) is 4.28. The first-order valence-electron chi connectivity index (χ1n) is 8.65. The van der Waals surface area contributed by atoms with E-state index in [0.29, 0.717) is 5.60 Å². The monoisotopic (exact) mass is 267 g/mol. The van der Waals surface area contributed by atoms with E-state index in [-0.39, 0.29) is 0 Å². The van der Waals surface area contributed by atoms with Crippen LogP contribution in [-0.2, 0) is 4.74 Å². The van der Waals surface area contributed by atoms with E-state index < -0.39 is 0 Å². The molecule has 1 saturated carbocycles. The van der Waals surface area contributed by atoms with Crippen molar-refractivity contribution < 1.29 is 4.74 Å². The summed E-state index contributed by atoms with van der Waals surface area (Å²) in [4.78, 5) is 0. The van der Waals surface area contributed by atoms with Crippen molar-refractivity contribution in [2.75, 3.05) is 13.2 Å². The van der Waals surface area contributed by atoms with Gasteiger partial charge < -0.3 is 10.1 Å². The molecular formula is C17H33NO. The van der Waals surface area contributed by atoms with Gasteiger partial charge >= 0.3 is 0 Å². The molecule has 2 unspecified atom stereocenters. The van der Waals surface area contributed by atoms with Crippen molar-refractivity contribution in [2.45, 2.75) is 89.7 Å². The van der Waals surface area contributed by atoms with Crippen molar-refractivity contribution in [1.29, 1.82) is 0 Å². The van der Waals surface area contributed by atoms with Crippen LogP contribution in [0, 0.1) is 5.92 Å². The zero-order valence-electron chi connectivity index (χ0n) is 13.0. The Labute approximate surface area is 119 Å². The summed E-state index contributed by atoms with van der Waals surface area (Å²) < 4.78 is 6.20. The zero-order chi connectivity index (χ0) is 13.6. The summed E-state index contributed by atoms with van der Waals surface area (Å²) in [5.74, 6) is 0.916. The van der Waals surface area contributed by atoms with Gasteiger partial charge in [-0.2, -0.15) is 0 Å². The third-order valence-electron chi connectivity index (χ3n) is 5.27.